The van der Waals surface area contributed by atoms with E-state index in [1.807, 2.05) is 0 Å². The highest BCUT2D eigenvalue weighted by atomic mass is 16.6. The summed E-state index contributed by atoms with van der Waals surface area (Å²) in [7, 11) is 0. The van der Waals surface area contributed by atoms with Gasteiger partial charge in [0.25, 0.3) is 0 Å². The molecule has 0 aromatic rings. The molecule has 0 aromatic heterocycles. The first kappa shape index (κ1) is 40.2. The average molecular weight is 603 g/mol. The van der Waals surface area contributed by atoms with E-state index in [1.54, 1.807) is 0 Å². The first-order valence-electron chi connectivity index (χ1n) is 15.8. The highest BCUT2D eigenvalue weighted by Gasteiger charge is 2.14. The van der Waals surface area contributed by atoms with Crippen molar-refractivity contribution in [2.24, 2.45) is 0 Å². The van der Waals surface area contributed by atoms with Crippen LogP contribution in [-0.2, 0) is 38.0 Å². The third-order valence-electron chi connectivity index (χ3n) is 6.07. The van der Waals surface area contributed by atoms with E-state index >= 15 is 0 Å². The second-order valence-electron chi connectivity index (χ2n) is 10.2. The molecule has 42 heavy (non-hydrogen) atoms. The van der Waals surface area contributed by atoms with Gasteiger partial charge in [-0.1, -0.05) is 63.8 Å². The molecule has 2 unspecified atom stereocenters. The van der Waals surface area contributed by atoms with Crippen LogP contribution in [0.15, 0.2) is 24.3 Å². The van der Waals surface area contributed by atoms with E-state index < -0.39 is 37.4 Å². The van der Waals surface area contributed by atoms with Gasteiger partial charge < -0.3 is 38.6 Å². The van der Waals surface area contributed by atoms with E-state index in [9.17, 15) is 9.59 Å². The number of aliphatic carboxylic acids is 2. The lowest BCUT2D eigenvalue weighted by Crippen LogP contribution is -2.30. The Morgan fingerprint density at radius 3 is 1.19 bits per heavy atom. The lowest BCUT2D eigenvalue weighted by molar-refractivity contribution is -0.150. The monoisotopic (exact) mass is 602 g/mol. The Balaban J connectivity index is 4.14. The number of rotatable bonds is 33. The zero-order valence-corrected chi connectivity index (χ0v) is 26.2. The number of allylic oxidation sites excluding steroid dienone is 4. The highest BCUT2D eigenvalue weighted by Crippen LogP contribution is 2.04. The summed E-state index contributed by atoms with van der Waals surface area (Å²) in [5.74, 6) is -2.10. The van der Waals surface area contributed by atoms with Gasteiger partial charge in [0.2, 0.25) is 0 Å². The van der Waals surface area contributed by atoms with Gasteiger partial charge in [-0.3, -0.25) is 0 Å². The van der Waals surface area contributed by atoms with Gasteiger partial charge in [0.05, 0.1) is 39.6 Å². The minimum Gasteiger partial charge on any atom is -0.480 e. The van der Waals surface area contributed by atoms with Crippen molar-refractivity contribution >= 4 is 11.9 Å². The predicted octanol–water partition coefficient (Wildman–Crippen LogP) is 5.83. The molecule has 0 aromatic carbocycles. The van der Waals surface area contributed by atoms with Crippen molar-refractivity contribution in [1.29, 1.82) is 0 Å². The van der Waals surface area contributed by atoms with Crippen molar-refractivity contribution in [3.05, 3.63) is 24.3 Å². The number of hydrogen-bond acceptors (Lipinski definition) is 8. The Kier molecular flexibility index (Phi) is 30.7. The fourth-order valence-electron chi connectivity index (χ4n) is 3.75. The van der Waals surface area contributed by atoms with Crippen molar-refractivity contribution in [3.63, 3.8) is 0 Å². The summed E-state index contributed by atoms with van der Waals surface area (Å²) >= 11 is 0. The number of ether oxygens (including phenoxy) is 6. The van der Waals surface area contributed by atoms with Crippen LogP contribution in [0.5, 0.6) is 0 Å². The first-order valence-corrected chi connectivity index (χ1v) is 15.8. The van der Waals surface area contributed by atoms with Crippen LogP contribution in [0.3, 0.4) is 0 Å². The normalized spacial score (nSPS) is 13.3. The lowest BCUT2D eigenvalue weighted by Gasteiger charge is -2.19. The van der Waals surface area contributed by atoms with E-state index in [0.29, 0.717) is 13.2 Å². The molecule has 0 fully saturated rings. The van der Waals surface area contributed by atoms with E-state index in [1.165, 1.54) is 38.5 Å². The van der Waals surface area contributed by atoms with Crippen LogP contribution >= 0.6 is 0 Å². The number of hydrogen-bond donors (Lipinski definition) is 2. The third-order valence-corrected chi connectivity index (χ3v) is 6.07. The second kappa shape index (κ2) is 32.1. The highest BCUT2D eigenvalue weighted by molar-refractivity contribution is 5.68. The van der Waals surface area contributed by atoms with Crippen LogP contribution in [0.4, 0.5) is 0 Å². The van der Waals surface area contributed by atoms with E-state index in [-0.39, 0.29) is 39.6 Å². The lowest BCUT2D eigenvalue weighted by atomic mass is 10.2. The molecule has 10 heteroatoms. The summed E-state index contributed by atoms with van der Waals surface area (Å²) in [6, 6.07) is 0. The molecular weight excluding hydrogens is 544 g/mol. The molecule has 0 aliphatic carbocycles. The van der Waals surface area contributed by atoms with Gasteiger partial charge in [-0.2, -0.15) is 0 Å². The molecule has 0 saturated heterocycles. The molecule has 2 N–H and O–H groups in total. The smallest absolute Gasteiger partial charge is 0.329 e. The Morgan fingerprint density at radius 2 is 0.857 bits per heavy atom. The van der Waals surface area contributed by atoms with Crippen LogP contribution in [0.2, 0.25) is 0 Å². The van der Waals surface area contributed by atoms with Crippen LogP contribution in [-0.4, -0.2) is 100 Å². The number of carbonyl (C=O) groups is 2. The number of unbranched alkanes of at least 4 members (excludes halogenated alkanes) is 8. The predicted molar refractivity (Wildman–Crippen MR) is 163 cm³/mol. The topological polar surface area (TPSA) is 130 Å². The SMILES string of the molecule is CCCCC/C=C\CCCOCC(COCCOCC(COCCC/C=C\CCCCC)OCC(=O)O)OCC(=O)O. The van der Waals surface area contributed by atoms with E-state index in [4.69, 9.17) is 38.6 Å². The minimum absolute atomic E-state index is 0.170. The second-order valence-corrected chi connectivity index (χ2v) is 10.2. The van der Waals surface area contributed by atoms with Crippen molar-refractivity contribution in [2.75, 3.05) is 66.1 Å². The molecule has 0 aliphatic heterocycles. The molecule has 0 aliphatic rings. The van der Waals surface area contributed by atoms with Gasteiger partial charge in [0.1, 0.15) is 25.4 Å². The summed E-state index contributed by atoms with van der Waals surface area (Å²) in [5, 5.41) is 17.9. The summed E-state index contributed by atoms with van der Waals surface area (Å²) in [4.78, 5) is 21.8. The molecule has 0 heterocycles. The zero-order chi connectivity index (χ0) is 30.9. The van der Waals surface area contributed by atoms with Crippen molar-refractivity contribution in [3.8, 4) is 0 Å². The Hall–Kier alpha value is -1.82. The molecule has 2 atom stereocenters. The Bertz CT molecular complexity index is 612. The zero-order valence-electron chi connectivity index (χ0n) is 26.2. The number of carboxylic acid groups (broad SMARTS) is 2. The van der Waals surface area contributed by atoms with Gasteiger partial charge in [0, 0.05) is 13.2 Å². The summed E-state index contributed by atoms with van der Waals surface area (Å²) in [6.07, 6.45) is 21.1. The van der Waals surface area contributed by atoms with Gasteiger partial charge in [-0.25, -0.2) is 9.59 Å². The van der Waals surface area contributed by atoms with Crippen molar-refractivity contribution < 1.29 is 48.2 Å². The van der Waals surface area contributed by atoms with Gasteiger partial charge in [0.15, 0.2) is 0 Å². The molecule has 0 bridgehead atoms. The van der Waals surface area contributed by atoms with Gasteiger partial charge >= 0.3 is 11.9 Å². The molecule has 0 radical (unpaired) electrons. The fraction of sp³-hybridized carbons (Fsp3) is 0.812. The number of carboxylic acids is 2. The largest absolute Gasteiger partial charge is 0.480 e. The molecule has 0 saturated carbocycles. The molecule has 0 rings (SSSR count). The van der Waals surface area contributed by atoms with Crippen LogP contribution in [0, 0.1) is 0 Å². The first-order chi connectivity index (χ1) is 20.5. The van der Waals surface area contributed by atoms with Crippen LogP contribution in [0.1, 0.15) is 90.9 Å². The third kappa shape index (κ3) is 31.1. The Labute approximate surface area is 253 Å². The average Bonchev–Trinajstić information content (AvgIpc) is 2.97. The molecule has 0 spiro atoms. The maximum absolute atomic E-state index is 10.9. The quantitative estimate of drug-likeness (QED) is 0.0699. The van der Waals surface area contributed by atoms with Gasteiger partial charge in [-0.05, 0) is 51.4 Å². The summed E-state index contributed by atoms with van der Waals surface area (Å²) < 4.78 is 33.3. The maximum Gasteiger partial charge on any atom is 0.329 e. The molecule has 10 nitrogen and oxygen atoms in total. The fourth-order valence-corrected chi connectivity index (χ4v) is 3.75. The van der Waals surface area contributed by atoms with Gasteiger partial charge in [-0.15, -0.1) is 0 Å². The Morgan fingerprint density at radius 1 is 0.524 bits per heavy atom. The molecule has 0 amide bonds. The standard InChI is InChI=1S/C32H58O10/c1-3-5-7-9-11-13-15-17-19-37-23-29(41-27-31(33)34)25-39-21-22-40-26-30(42-28-32(35)36)24-38-20-18-16-14-12-10-8-6-4-2/h11-14,29-30H,3-10,15-28H2,1-2H3,(H,33,34)(H,35,36)/b13-11-,14-12-. The van der Waals surface area contributed by atoms with Crippen molar-refractivity contribution in [2.45, 2.75) is 103 Å². The summed E-state index contributed by atoms with van der Waals surface area (Å²) in [6.45, 7) is 6.00. The minimum atomic E-state index is -1.05. The molecule has 246 valence electrons. The molecular formula is C32H58O10. The van der Waals surface area contributed by atoms with E-state index in [2.05, 4.69) is 38.2 Å². The summed E-state index contributed by atoms with van der Waals surface area (Å²) in [5.41, 5.74) is 0. The maximum atomic E-state index is 10.9. The van der Waals surface area contributed by atoms with Crippen LogP contribution < -0.4 is 0 Å². The van der Waals surface area contributed by atoms with Crippen LogP contribution in [0.25, 0.3) is 0 Å². The van der Waals surface area contributed by atoms with E-state index in [0.717, 1.165) is 38.5 Å². The van der Waals surface area contributed by atoms with Crippen molar-refractivity contribution in [1.82, 2.24) is 0 Å².